The Morgan fingerprint density at radius 2 is 1.56 bits per heavy atom. The standard InChI is InChI=1S/C28H37FN4O2S/c1-27(2)23(28(27,3)4)26(35)32-11-9-20(10-12-32)24-30-22(18-36-24)25(34)33-15-13-31(14-16-33)17-19-5-7-21(29)8-6-19/h5-8,18,20,23H,9-17H2,1-4H3. The second-order valence-electron chi connectivity index (χ2n) is 11.7. The number of nitrogens with zero attached hydrogens (tertiary/aromatic N) is 4. The molecule has 0 unspecified atom stereocenters. The van der Waals surface area contributed by atoms with Gasteiger partial charge in [-0.05, 0) is 41.4 Å². The lowest BCUT2D eigenvalue weighted by Gasteiger charge is -2.34. The van der Waals surface area contributed by atoms with Crippen molar-refractivity contribution in [1.29, 1.82) is 0 Å². The molecule has 0 bridgehead atoms. The molecule has 2 aliphatic heterocycles. The molecule has 1 aromatic carbocycles. The van der Waals surface area contributed by atoms with E-state index < -0.39 is 0 Å². The van der Waals surface area contributed by atoms with E-state index in [2.05, 4.69) is 32.6 Å². The highest BCUT2D eigenvalue weighted by atomic mass is 32.1. The number of aromatic nitrogens is 1. The molecule has 36 heavy (non-hydrogen) atoms. The average molecular weight is 513 g/mol. The van der Waals surface area contributed by atoms with Crippen molar-refractivity contribution in [3.8, 4) is 0 Å². The number of rotatable bonds is 5. The minimum atomic E-state index is -0.220. The van der Waals surface area contributed by atoms with Crippen molar-refractivity contribution in [2.45, 2.75) is 53.0 Å². The Bertz CT molecular complexity index is 1100. The molecule has 6 nitrogen and oxygen atoms in total. The SMILES string of the molecule is CC1(C)C(C(=O)N2CCC(c3nc(C(=O)N4CCN(Cc5ccc(F)cc5)CC4)cs3)CC2)C1(C)C. The van der Waals surface area contributed by atoms with Crippen LogP contribution in [0.15, 0.2) is 29.6 Å². The van der Waals surface area contributed by atoms with E-state index in [4.69, 9.17) is 4.98 Å². The summed E-state index contributed by atoms with van der Waals surface area (Å²) in [4.78, 5) is 37.2. The molecule has 3 aliphatic rings. The first-order chi connectivity index (χ1) is 17.1. The number of carbonyl (C=O) groups excluding carboxylic acids is 2. The summed E-state index contributed by atoms with van der Waals surface area (Å²) in [7, 11) is 0. The van der Waals surface area contributed by atoms with E-state index in [9.17, 15) is 14.0 Å². The van der Waals surface area contributed by atoms with Crippen LogP contribution in [-0.4, -0.2) is 70.8 Å². The molecule has 0 spiro atoms. The Kier molecular flexibility index (Phi) is 6.70. The number of piperidine rings is 1. The van der Waals surface area contributed by atoms with Gasteiger partial charge in [-0.3, -0.25) is 14.5 Å². The van der Waals surface area contributed by atoms with Gasteiger partial charge in [0.1, 0.15) is 11.5 Å². The van der Waals surface area contributed by atoms with Crippen LogP contribution in [0.5, 0.6) is 0 Å². The summed E-state index contributed by atoms with van der Waals surface area (Å²) in [6, 6.07) is 6.62. The highest BCUT2D eigenvalue weighted by molar-refractivity contribution is 7.09. The number of carbonyl (C=O) groups is 2. The third-order valence-electron chi connectivity index (χ3n) is 9.14. The van der Waals surface area contributed by atoms with Crippen molar-refractivity contribution in [2.24, 2.45) is 16.7 Å². The molecule has 0 radical (unpaired) electrons. The molecule has 1 aliphatic carbocycles. The maximum atomic E-state index is 13.1. The lowest BCUT2D eigenvalue weighted by Crippen LogP contribution is -2.48. The van der Waals surface area contributed by atoms with Crippen LogP contribution in [0.4, 0.5) is 4.39 Å². The second kappa shape index (κ2) is 9.53. The lowest BCUT2D eigenvalue weighted by atomic mass is 9.96. The van der Waals surface area contributed by atoms with Crippen LogP contribution in [0.2, 0.25) is 0 Å². The molecule has 194 valence electrons. The van der Waals surface area contributed by atoms with Crippen molar-refractivity contribution >= 4 is 23.2 Å². The first kappa shape index (κ1) is 25.3. The number of amides is 2. The highest BCUT2D eigenvalue weighted by Crippen LogP contribution is 2.68. The van der Waals surface area contributed by atoms with Crippen LogP contribution in [0, 0.1) is 22.6 Å². The van der Waals surface area contributed by atoms with Crippen LogP contribution in [0.25, 0.3) is 0 Å². The number of likely N-dealkylation sites (tertiary alicyclic amines) is 1. The largest absolute Gasteiger partial charge is 0.342 e. The minimum Gasteiger partial charge on any atom is -0.342 e. The topological polar surface area (TPSA) is 56.8 Å². The van der Waals surface area contributed by atoms with Gasteiger partial charge in [-0.2, -0.15) is 0 Å². The summed E-state index contributed by atoms with van der Waals surface area (Å²) in [5.74, 6) is 0.513. The molecule has 0 N–H and O–H groups in total. The Labute approximate surface area is 217 Å². The van der Waals surface area contributed by atoms with Gasteiger partial charge in [-0.15, -0.1) is 11.3 Å². The Morgan fingerprint density at radius 1 is 0.944 bits per heavy atom. The van der Waals surface area contributed by atoms with E-state index in [-0.39, 0.29) is 28.5 Å². The number of piperazine rings is 1. The number of hydrogen-bond acceptors (Lipinski definition) is 5. The fourth-order valence-corrected chi connectivity index (χ4v) is 7.00. The number of halogens is 1. The van der Waals surface area contributed by atoms with Gasteiger partial charge in [0.2, 0.25) is 5.91 Å². The fourth-order valence-electron chi connectivity index (χ4n) is 6.04. The molecule has 5 rings (SSSR count). The van der Waals surface area contributed by atoms with Crippen LogP contribution in [0.3, 0.4) is 0 Å². The molecule has 0 atom stereocenters. The normalized spacial score (nSPS) is 22.6. The van der Waals surface area contributed by atoms with Crippen molar-refractivity contribution in [1.82, 2.24) is 19.7 Å². The van der Waals surface area contributed by atoms with Gasteiger partial charge in [0.05, 0.1) is 5.01 Å². The van der Waals surface area contributed by atoms with Crippen molar-refractivity contribution < 1.29 is 14.0 Å². The number of hydrogen-bond donors (Lipinski definition) is 0. The van der Waals surface area contributed by atoms with Crippen molar-refractivity contribution in [3.05, 3.63) is 51.7 Å². The molecular formula is C28H37FN4O2S. The molecule has 2 saturated heterocycles. The highest BCUT2D eigenvalue weighted by Gasteiger charge is 2.68. The van der Waals surface area contributed by atoms with Crippen molar-refractivity contribution in [2.75, 3.05) is 39.3 Å². The van der Waals surface area contributed by atoms with Crippen LogP contribution >= 0.6 is 11.3 Å². The van der Waals surface area contributed by atoms with Crippen molar-refractivity contribution in [3.63, 3.8) is 0 Å². The Balaban J connectivity index is 1.11. The van der Waals surface area contributed by atoms with E-state index in [1.165, 1.54) is 12.1 Å². The predicted molar refractivity (Wildman–Crippen MR) is 139 cm³/mol. The molecule has 1 aromatic heterocycles. The number of benzene rings is 1. The summed E-state index contributed by atoms with van der Waals surface area (Å²) in [5, 5.41) is 2.92. The van der Waals surface area contributed by atoms with Gasteiger partial charge in [-0.25, -0.2) is 9.37 Å². The monoisotopic (exact) mass is 512 g/mol. The van der Waals surface area contributed by atoms with Gasteiger partial charge in [0.25, 0.3) is 5.91 Å². The van der Waals surface area contributed by atoms with E-state index >= 15 is 0 Å². The van der Waals surface area contributed by atoms with E-state index in [0.717, 1.165) is 56.1 Å². The van der Waals surface area contributed by atoms with Gasteiger partial charge in [0, 0.05) is 63.0 Å². The van der Waals surface area contributed by atoms with Crippen LogP contribution in [0.1, 0.15) is 67.5 Å². The van der Waals surface area contributed by atoms with E-state index in [0.29, 0.717) is 30.6 Å². The predicted octanol–water partition coefficient (Wildman–Crippen LogP) is 4.63. The van der Waals surface area contributed by atoms with Gasteiger partial charge in [-0.1, -0.05) is 39.8 Å². The lowest BCUT2D eigenvalue weighted by molar-refractivity contribution is -0.134. The molecular weight excluding hydrogens is 475 g/mol. The zero-order chi connectivity index (χ0) is 25.7. The molecule has 1 saturated carbocycles. The molecule has 8 heteroatoms. The zero-order valence-corrected chi connectivity index (χ0v) is 22.6. The van der Waals surface area contributed by atoms with E-state index in [1.54, 1.807) is 11.3 Å². The second-order valence-corrected chi connectivity index (χ2v) is 12.6. The smallest absolute Gasteiger partial charge is 0.273 e. The summed E-state index contributed by atoms with van der Waals surface area (Å²) in [6.45, 7) is 14.0. The maximum Gasteiger partial charge on any atom is 0.273 e. The molecule has 3 fully saturated rings. The molecule has 3 heterocycles. The third kappa shape index (κ3) is 4.70. The average Bonchev–Trinajstić information content (AvgIpc) is 3.18. The van der Waals surface area contributed by atoms with Crippen LogP contribution in [-0.2, 0) is 11.3 Å². The van der Waals surface area contributed by atoms with Gasteiger partial charge >= 0.3 is 0 Å². The third-order valence-corrected chi connectivity index (χ3v) is 10.2. The minimum absolute atomic E-state index is 0.00439. The quantitative estimate of drug-likeness (QED) is 0.586. The zero-order valence-electron chi connectivity index (χ0n) is 21.8. The Morgan fingerprint density at radius 3 is 2.14 bits per heavy atom. The van der Waals surface area contributed by atoms with Gasteiger partial charge in [0.15, 0.2) is 0 Å². The summed E-state index contributed by atoms with van der Waals surface area (Å²) >= 11 is 1.58. The van der Waals surface area contributed by atoms with Gasteiger partial charge < -0.3 is 9.80 Å². The summed E-state index contributed by atoms with van der Waals surface area (Å²) < 4.78 is 13.1. The summed E-state index contributed by atoms with van der Waals surface area (Å²) in [5.41, 5.74) is 1.76. The first-order valence-electron chi connectivity index (χ1n) is 13.1. The first-order valence-corrected chi connectivity index (χ1v) is 14.0. The maximum absolute atomic E-state index is 13.1. The Hall–Kier alpha value is -2.32. The van der Waals surface area contributed by atoms with Crippen LogP contribution < -0.4 is 0 Å². The molecule has 2 amide bonds. The molecule has 2 aromatic rings. The fraction of sp³-hybridized carbons (Fsp3) is 0.607. The number of thiazole rings is 1. The summed E-state index contributed by atoms with van der Waals surface area (Å²) in [6.07, 6.45) is 1.81. The van der Waals surface area contributed by atoms with E-state index in [1.807, 2.05) is 27.3 Å².